The van der Waals surface area contributed by atoms with Crippen LogP contribution in [0.4, 0.5) is 0 Å². The molecule has 1 heterocycles. The van der Waals surface area contributed by atoms with Gasteiger partial charge < -0.3 is 9.07 Å². The number of halogens is 1. The van der Waals surface area contributed by atoms with Crippen LogP contribution in [0.1, 0.15) is 30.0 Å². The van der Waals surface area contributed by atoms with E-state index in [1.807, 2.05) is 12.1 Å². The van der Waals surface area contributed by atoms with Gasteiger partial charge in [-0.3, -0.25) is 4.98 Å². The van der Waals surface area contributed by atoms with Crippen LogP contribution in [0.2, 0.25) is 0 Å². The van der Waals surface area contributed by atoms with Gasteiger partial charge in [0.05, 0.1) is 11.3 Å². The zero-order valence-corrected chi connectivity index (χ0v) is 9.30. The lowest BCUT2D eigenvalue weighted by atomic mass is 10.1. The van der Waals surface area contributed by atoms with Crippen LogP contribution in [0.15, 0.2) is 12.1 Å². The van der Waals surface area contributed by atoms with E-state index in [1.54, 1.807) is 0 Å². The van der Waals surface area contributed by atoms with Gasteiger partial charge in [0.15, 0.2) is 0 Å². The summed E-state index contributed by atoms with van der Waals surface area (Å²) in [4.78, 5) is 4.43. The number of pyridine rings is 1. The lowest BCUT2D eigenvalue weighted by molar-refractivity contribution is 1.03. The molecule has 4 heteroatoms. The minimum atomic E-state index is -0.706. The van der Waals surface area contributed by atoms with Gasteiger partial charge in [0, 0.05) is 5.92 Å². The third-order valence-electron chi connectivity index (χ3n) is 2.20. The minimum Gasteiger partial charge on any atom is -0.333 e. The standard InChI is InChI=1S/C9H7N2.ClH.Mg/c10-6-8-2-1-5-11-9(8)7-3-4-7;;/h1-2,7H,3-4H2;1H;/q;;+1/p-1. The van der Waals surface area contributed by atoms with E-state index in [4.69, 9.17) is 14.3 Å². The number of nitriles is 1. The summed E-state index contributed by atoms with van der Waals surface area (Å²) in [5.74, 6) is 0.534. The Morgan fingerprint density at radius 2 is 2.31 bits per heavy atom. The molecule has 0 bridgehead atoms. The van der Waals surface area contributed by atoms with Crippen molar-refractivity contribution < 1.29 is 0 Å². The summed E-state index contributed by atoms with van der Waals surface area (Å²) in [5, 5.41) is 8.85. The molecule has 0 saturated heterocycles. The molecule has 2 rings (SSSR count). The Labute approximate surface area is 90.4 Å². The maximum Gasteiger partial charge on any atom is 0.564 e. The van der Waals surface area contributed by atoms with Crippen molar-refractivity contribution in [1.82, 2.24) is 4.98 Å². The summed E-state index contributed by atoms with van der Waals surface area (Å²) < 4.78 is 1.00. The van der Waals surface area contributed by atoms with Gasteiger partial charge in [-0.1, -0.05) is 9.89 Å². The van der Waals surface area contributed by atoms with Crippen LogP contribution in [0.5, 0.6) is 0 Å². The van der Waals surface area contributed by atoms with Crippen molar-refractivity contribution in [2.45, 2.75) is 18.8 Å². The highest BCUT2D eigenvalue weighted by atomic mass is 35.5. The number of hydrogen-bond acceptors (Lipinski definition) is 2. The maximum absolute atomic E-state index is 8.85. The Kier molecular flexibility index (Phi) is 2.73. The molecule has 2 nitrogen and oxygen atoms in total. The lowest BCUT2D eigenvalue weighted by Gasteiger charge is -2.02. The summed E-state index contributed by atoms with van der Waals surface area (Å²) in [6, 6.07) is 5.91. The quantitative estimate of drug-likeness (QED) is 0.679. The van der Waals surface area contributed by atoms with Crippen molar-refractivity contribution >= 4 is 32.2 Å². The third kappa shape index (κ3) is 1.96. The van der Waals surface area contributed by atoms with Gasteiger partial charge in [-0.15, -0.1) is 0 Å². The molecule has 1 fully saturated rings. The van der Waals surface area contributed by atoms with E-state index in [2.05, 4.69) is 11.1 Å². The van der Waals surface area contributed by atoms with E-state index >= 15 is 0 Å². The number of nitrogens with zero attached hydrogens (tertiary/aromatic N) is 2. The lowest BCUT2D eigenvalue weighted by Crippen LogP contribution is -2.16. The first-order valence-corrected chi connectivity index (χ1v) is 7.15. The van der Waals surface area contributed by atoms with Crippen LogP contribution < -0.4 is 3.82 Å². The summed E-state index contributed by atoms with van der Waals surface area (Å²) >= 11 is -0.706. The maximum atomic E-state index is 8.85. The summed E-state index contributed by atoms with van der Waals surface area (Å²) in [6.07, 6.45) is 2.35. The number of hydrogen-bond donors (Lipinski definition) is 0. The van der Waals surface area contributed by atoms with E-state index < -0.39 is 19.3 Å². The van der Waals surface area contributed by atoms with Gasteiger partial charge in [0.1, 0.15) is 6.07 Å². The fourth-order valence-electron chi connectivity index (χ4n) is 1.35. The second-order valence-corrected chi connectivity index (χ2v) is 5.05. The van der Waals surface area contributed by atoms with Crippen molar-refractivity contribution in [3.05, 3.63) is 23.4 Å². The van der Waals surface area contributed by atoms with Crippen LogP contribution in [-0.2, 0) is 0 Å². The Morgan fingerprint density at radius 3 is 2.85 bits per heavy atom. The first-order chi connectivity index (χ1) is 6.35. The molecule has 0 N–H and O–H groups in total. The zero-order valence-electron chi connectivity index (χ0n) is 7.13. The SMILES string of the molecule is N#Cc1cc[c]([Mg][Cl])nc1C1CC1. The topological polar surface area (TPSA) is 36.7 Å². The van der Waals surface area contributed by atoms with Crippen LogP contribution in [0, 0.1) is 11.3 Å². The fourth-order valence-corrected chi connectivity index (χ4v) is 2.24. The zero-order chi connectivity index (χ0) is 9.26. The van der Waals surface area contributed by atoms with Gasteiger partial charge >= 0.3 is 19.3 Å². The number of aromatic nitrogens is 1. The largest absolute Gasteiger partial charge is 0.564 e. The van der Waals surface area contributed by atoms with E-state index in [9.17, 15) is 0 Å². The van der Waals surface area contributed by atoms with Gasteiger partial charge in [-0.2, -0.15) is 5.26 Å². The van der Waals surface area contributed by atoms with E-state index in [0.717, 1.165) is 15.1 Å². The molecule has 0 radical (unpaired) electrons. The normalized spacial score (nSPS) is 14.8. The summed E-state index contributed by atoms with van der Waals surface area (Å²) in [6.45, 7) is 0. The average Bonchev–Trinajstić information content (AvgIpc) is 3.00. The smallest absolute Gasteiger partial charge is 0.333 e. The van der Waals surface area contributed by atoms with Gasteiger partial charge in [0.2, 0.25) is 0 Å². The molecule has 1 aliphatic carbocycles. The fraction of sp³-hybridized carbons (Fsp3) is 0.333. The molecular weight excluding hydrogens is 196 g/mol. The van der Waals surface area contributed by atoms with Crippen molar-refractivity contribution in [2.24, 2.45) is 0 Å². The van der Waals surface area contributed by atoms with E-state index in [-0.39, 0.29) is 0 Å². The molecule has 62 valence electrons. The van der Waals surface area contributed by atoms with E-state index in [1.165, 1.54) is 12.8 Å². The Balaban J connectivity index is 2.42. The van der Waals surface area contributed by atoms with Crippen molar-refractivity contribution in [2.75, 3.05) is 0 Å². The van der Waals surface area contributed by atoms with Crippen LogP contribution >= 0.6 is 9.07 Å². The highest BCUT2D eigenvalue weighted by Gasteiger charge is 2.27. The molecule has 0 spiro atoms. The predicted octanol–water partition coefficient (Wildman–Crippen LogP) is 1.31. The molecule has 0 atom stereocenters. The van der Waals surface area contributed by atoms with Crippen molar-refractivity contribution in [1.29, 1.82) is 5.26 Å². The minimum absolute atomic E-state index is 0.534. The average molecular weight is 203 g/mol. The summed E-state index contributed by atoms with van der Waals surface area (Å²) in [5.41, 5.74) is 1.71. The van der Waals surface area contributed by atoms with Crippen LogP contribution in [-0.4, -0.2) is 24.2 Å². The monoisotopic (exact) mass is 202 g/mol. The molecule has 0 unspecified atom stereocenters. The molecular formula is C9H7ClMgN2. The van der Waals surface area contributed by atoms with Gasteiger partial charge in [-0.25, -0.2) is 0 Å². The Morgan fingerprint density at radius 1 is 1.54 bits per heavy atom. The second-order valence-electron chi connectivity index (χ2n) is 3.26. The van der Waals surface area contributed by atoms with Gasteiger partial charge in [-0.05, 0) is 18.9 Å². The van der Waals surface area contributed by atoms with E-state index in [0.29, 0.717) is 5.92 Å². The first-order valence-electron chi connectivity index (χ1n) is 4.31. The molecule has 1 saturated carbocycles. The molecule has 1 aromatic rings. The first kappa shape index (κ1) is 9.26. The molecule has 1 aliphatic rings. The predicted molar refractivity (Wildman–Crippen MR) is 52.2 cm³/mol. The molecule has 13 heavy (non-hydrogen) atoms. The highest BCUT2D eigenvalue weighted by molar-refractivity contribution is 7.00. The third-order valence-corrected chi connectivity index (χ3v) is 3.69. The molecule has 0 amide bonds. The molecule has 0 aromatic carbocycles. The molecule has 1 aromatic heterocycles. The van der Waals surface area contributed by atoms with Crippen molar-refractivity contribution in [3.63, 3.8) is 0 Å². The molecule has 0 aliphatic heterocycles. The van der Waals surface area contributed by atoms with Crippen molar-refractivity contribution in [3.8, 4) is 6.07 Å². The Bertz CT molecular complexity index is 368. The highest BCUT2D eigenvalue weighted by Crippen LogP contribution is 2.39. The van der Waals surface area contributed by atoms with Crippen LogP contribution in [0.25, 0.3) is 0 Å². The van der Waals surface area contributed by atoms with Gasteiger partial charge in [0.25, 0.3) is 0 Å². The summed E-state index contributed by atoms with van der Waals surface area (Å²) in [7, 11) is 5.81. The number of rotatable bonds is 2. The Hall–Kier alpha value is -0.304. The second kappa shape index (κ2) is 3.83. The van der Waals surface area contributed by atoms with Crippen LogP contribution in [0.3, 0.4) is 0 Å².